The number of aryl methyl sites for hydroxylation is 1. The van der Waals surface area contributed by atoms with Gasteiger partial charge in [0.15, 0.2) is 0 Å². The van der Waals surface area contributed by atoms with Crippen LogP contribution >= 0.6 is 0 Å². The van der Waals surface area contributed by atoms with E-state index in [1.54, 1.807) is 0 Å². The number of ether oxygens (including phenoxy) is 1. The van der Waals surface area contributed by atoms with Gasteiger partial charge < -0.3 is 4.74 Å². The van der Waals surface area contributed by atoms with Gasteiger partial charge in [0.1, 0.15) is 0 Å². The fourth-order valence-electron chi connectivity index (χ4n) is 1.24. The second kappa shape index (κ2) is 4.26. The topological polar surface area (TPSA) is 27.1 Å². The van der Waals surface area contributed by atoms with Crippen molar-refractivity contribution in [3.05, 3.63) is 17.5 Å². The molecule has 0 amide bonds. The summed E-state index contributed by atoms with van der Waals surface area (Å²) in [4.78, 5) is 0. The number of hydrogen-bond donors (Lipinski definition) is 0. The van der Waals surface area contributed by atoms with Crippen LogP contribution in [0.2, 0.25) is 0 Å². The molecule has 0 N–H and O–H groups in total. The van der Waals surface area contributed by atoms with Crippen LogP contribution in [-0.2, 0) is 17.9 Å². The molecule has 0 aromatic carbocycles. The Hall–Kier alpha value is -0.830. The number of hydrogen-bond acceptors (Lipinski definition) is 2. The van der Waals surface area contributed by atoms with E-state index >= 15 is 0 Å². The minimum absolute atomic E-state index is 0.723. The highest BCUT2D eigenvalue weighted by molar-refractivity contribution is 5.08. The molecule has 2 rings (SSSR count). The van der Waals surface area contributed by atoms with Crippen LogP contribution < -0.4 is 0 Å². The normalized spacial score (nSPS) is 14.6. The van der Waals surface area contributed by atoms with E-state index in [4.69, 9.17) is 4.74 Å². The predicted molar refractivity (Wildman–Crippen MR) is 48.0 cm³/mol. The molecule has 1 aromatic rings. The van der Waals surface area contributed by atoms with Crippen molar-refractivity contribution in [3.63, 3.8) is 0 Å². The molecular weight excluding hydrogens is 152 g/mol. The summed E-state index contributed by atoms with van der Waals surface area (Å²) >= 11 is 0. The maximum atomic E-state index is 5.25. The summed E-state index contributed by atoms with van der Waals surface area (Å²) in [5.74, 6) is 0. The van der Waals surface area contributed by atoms with Gasteiger partial charge in [-0.2, -0.15) is 5.10 Å². The van der Waals surface area contributed by atoms with Crippen LogP contribution in [0.3, 0.4) is 0 Å². The summed E-state index contributed by atoms with van der Waals surface area (Å²) in [6, 6.07) is 2.07. The molecule has 1 aliphatic rings. The van der Waals surface area contributed by atoms with Gasteiger partial charge in [0.2, 0.25) is 0 Å². The molecule has 3 nitrogen and oxygen atoms in total. The monoisotopic (exact) mass is 168 g/mol. The molecule has 1 aromatic heterocycles. The van der Waals surface area contributed by atoms with Crippen LogP contribution in [0.15, 0.2) is 6.07 Å². The molecule has 12 heavy (non-hydrogen) atoms. The van der Waals surface area contributed by atoms with E-state index in [-0.39, 0.29) is 0 Å². The van der Waals surface area contributed by atoms with E-state index in [0.717, 1.165) is 25.5 Å². The van der Waals surface area contributed by atoms with Gasteiger partial charge in [-0.3, -0.25) is 4.68 Å². The van der Waals surface area contributed by atoms with Crippen LogP contribution in [0.4, 0.5) is 0 Å². The van der Waals surface area contributed by atoms with E-state index in [0.29, 0.717) is 0 Å². The van der Waals surface area contributed by atoms with Crippen molar-refractivity contribution in [2.24, 2.45) is 0 Å². The highest BCUT2D eigenvalue weighted by Crippen LogP contribution is 2.09. The first-order valence-electron chi connectivity index (χ1n) is 4.47. The van der Waals surface area contributed by atoms with Crippen LogP contribution in [0.5, 0.6) is 0 Å². The number of fused-ring (bicyclic) bond motifs is 1. The number of rotatable bonds is 0. The Morgan fingerprint density at radius 1 is 1.50 bits per heavy atom. The minimum atomic E-state index is 0.723. The Bertz CT molecular complexity index is 219. The summed E-state index contributed by atoms with van der Waals surface area (Å²) in [6.07, 6.45) is 0. The third-order valence-corrected chi connectivity index (χ3v) is 1.68. The average molecular weight is 168 g/mol. The van der Waals surface area contributed by atoms with Crippen molar-refractivity contribution >= 4 is 0 Å². The second-order valence-electron chi connectivity index (χ2n) is 2.55. The van der Waals surface area contributed by atoms with Crippen LogP contribution in [0, 0.1) is 6.92 Å². The van der Waals surface area contributed by atoms with Crippen molar-refractivity contribution in [2.45, 2.75) is 33.9 Å². The number of aromatic nitrogens is 2. The first-order valence-corrected chi connectivity index (χ1v) is 4.47. The molecule has 0 bridgehead atoms. The van der Waals surface area contributed by atoms with Gasteiger partial charge in [-0.05, 0) is 13.0 Å². The van der Waals surface area contributed by atoms with E-state index in [1.807, 2.05) is 25.5 Å². The summed E-state index contributed by atoms with van der Waals surface area (Å²) in [7, 11) is 0. The Morgan fingerprint density at radius 2 is 2.25 bits per heavy atom. The van der Waals surface area contributed by atoms with E-state index in [9.17, 15) is 0 Å². The zero-order chi connectivity index (χ0) is 8.97. The van der Waals surface area contributed by atoms with E-state index in [2.05, 4.69) is 11.2 Å². The van der Waals surface area contributed by atoms with Gasteiger partial charge >= 0.3 is 0 Å². The maximum absolute atomic E-state index is 5.25. The molecule has 1 aliphatic heterocycles. The maximum Gasteiger partial charge on any atom is 0.0885 e. The Kier molecular flexibility index (Phi) is 3.29. The standard InChI is InChI=1S/C7H10N2O.C2H6/c1-6-4-7-5-10-3-2-9(7)8-6;1-2/h4H,2-3,5H2,1H3;1-2H3. The van der Waals surface area contributed by atoms with Gasteiger partial charge in [0.05, 0.1) is 31.1 Å². The minimum Gasteiger partial charge on any atom is -0.373 e. The molecule has 2 heterocycles. The molecule has 0 unspecified atom stereocenters. The fourth-order valence-corrected chi connectivity index (χ4v) is 1.24. The molecule has 0 saturated carbocycles. The Morgan fingerprint density at radius 3 is 2.92 bits per heavy atom. The number of nitrogens with zero attached hydrogens (tertiary/aromatic N) is 2. The van der Waals surface area contributed by atoms with Crippen molar-refractivity contribution in [1.82, 2.24) is 9.78 Å². The highest BCUT2D eigenvalue weighted by Gasteiger charge is 2.09. The largest absolute Gasteiger partial charge is 0.373 e. The summed E-state index contributed by atoms with van der Waals surface area (Å²) in [5, 5.41) is 4.29. The third-order valence-electron chi connectivity index (χ3n) is 1.68. The lowest BCUT2D eigenvalue weighted by atomic mass is 10.4. The molecule has 68 valence electrons. The quantitative estimate of drug-likeness (QED) is 0.590. The lowest BCUT2D eigenvalue weighted by Gasteiger charge is -2.12. The zero-order valence-electron chi connectivity index (χ0n) is 8.00. The van der Waals surface area contributed by atoms with Gasteiger partial charge in [-0.15, -0.1) is 0 Å². The fraction of sp³-hybridized carbons (Fsp3) is 0.667. The SMILES string of the molecule is CC.Cc1cc2n(n1)CCOC2. The Balaban J connectivity index is 0.000000336. The van der Waals surface area contributed by atoms with Gasteiger partial charge in [-0.25, -0.2) is 0 Å². The molecule has 0 aliphatic carbocycles. The molecule has 0 radical (unpaired) electrons. The predicted octanol–water partition coefficient (Wildman–Crippen LogP) is 1.75. The first kappa shape index (κ1) is 9.26. The lowest BCUT2D eigenvalue weighted by molar-refractivity contribution is 0.0800. The molecule has 0 fully saturated rings. The molecule has 3 heteroatoms. The van der Waals surface area contributed by atoms with E-state index in [1.165, 1.54) is 5.69 Å². The van der Waals surface area contributed by atoms with Crippen LogP contribution in [0.1, 0.15) is 25.2 Å². The molecule has 0 atom stereocenters. The van der Waals surface area contributed by atoms with Gasteiger partial charge in [0.25, 0.3) is 0 Å². The van der Waals surface area contributed by atoms with E-state index < -0.39 is 0 Å². The zero-order valence-corrected chi connectivity index (χ0v) is 8.00. The van der Waals surface area contributed by atoms with Gasteiger partial charge in [-0.1, -0.05) is 13.8 Å². The van der Waals surface area contributed by atoms with Crippen molar-refractivity contribution in [3.8, 4) is 0 Å². The molecule has 0 saturated heterocycles. The van der Waals surface area contributed by atoms with Crippen molar-refractivity contribution < 1.29 is 4.74 Å². The summed E-state index contributed by atoms with van der Waals surface area (Å²) < 4.78 is 7.26. The van der Waals surface area contributed by atoms with Crippen LogP contribution in [0.25, 0.3) is 0 Å². The molecule has 0 spiro atoms. The van der Waals surface area contributed by atoms with Gasteiger partial charge in [0, 0.05) is 0 Å². The summed E-state index contributed by atoms with van der Waals surface area (Å²) in [5.41, 5.74) is 2.28. The summed E-state index contributed by atoms with van der Waals surface area (Å²) in [6.45, 7) is 8.43. The van der Waals surface area contributed by atoms with Crippen LogP contribution in [-0.4, -0.2) is 16.4 Å². The smallest absolute Gasteiger partial charge is 0.0885 e. The van der Waals surface area contributed by atoms with Crippen molar-refractivity contribution in [1.29, 1.82) is 0 Å². The average Bonchev–Trinajstić information content (AvgIpc) is 2.48. The lowest BCUT2D eigenvalue weighted by Crippen LogP contribution is -2.16. The molecular formula is C9H16N2O. The first-order chi connectivity index (χ1) is 5.86. The third kappa shape index (κ3) is 1.85. The Labute approximate surface area is 73.3 Å². The highest BCUT2D eigenvalue weighted by atomic mass is 16.5. The van der Waals surface area contributed by atoms with Crippen molar-refractivity contribution in [2.75, 3.05) is 6.61 Å². The second-order valence-corrected chi connectivity index (χ2v) is 2.55.